The minimum atomic E-state index is -0.295. The minimum Gasteiger partial charge on any atom is -0.469 e. The van der Waals surface area contributed by atoms with E-state index < -0.39 is 0 Å². The van der Waals surface area contributed by atoms with Crippen LogP contribution in [-0.4, -0.2) is 24.8 Å². The van der Waals surface area contributed by atoms with Crippen LogP contribution >= 0.6 is 0 Å². The Balaban J connectivity index is 1.70. The van der Waals surface area contributed by atoms with Gasteiger partial charge in [0.2, 0.25) is 0 Å². The van der Waals surface area contributed by atoms with Gasteiger partial charge < -0.3 is 9.84 Å². The van der Waals surface area contributed by atoms with Crippen molar-refractivity contribution in [1.82, 2.24) is 0 Å². The van der Waals surface area contributed by atoms with Crippen LogP contribution in [0.5, 0.6) is 0 Å². The van der Waals surface area contributed by atoms with Gasteiger partial charge in [0.15, 0.2) is 0 Å². The molecule has 5 saturated carbocycles. The summed E-state index contributed by atoms with van der Waals surface area (Å²) < 4.78 is 5.25. The number of aliphatic hydroxyl groups excluding tert-OH is 1. The molecule has 1 spiro atoms. The van der Waals surface area contributed by atoms with Crippen LogP contribution in [0.4, 0.5) is 0 Å². The lowest BCUT2D eigenvalue weighted by molar-refractivity contribution is -0.208. The normalized spacial score (nSPS) is 53.2. The lowest BCUT2D eigenvalue weighted by Crippen LogP contribution is -2.62. The summed E-state index contributed by atoms with van der Waals surface area (Å²) in [6, 6.07) is 0. The van der Waals surface area contributed by atoms with E-state index in [9.17, 15) is 9.90 Å². The van der Waals surface area contributed by atoms with Gasteiger partial charge in [-0.05, 0) is 92.8 Å². The van der Waals surface area contributed by atoms with E-state index in [0.717, 1.165) is 18.8 Å². The van der Waals surface area contributed by atoms with Gasteiger partial charge in [0, 0.05) is 6.61 Å². The van der Waals surface area contributed by atoms with Crippen molar-refractivity contribution in [3.8, 4) is 0 Å². The van der Waals surface area contributed by atoms with Crippen LogP contribution in [0.1, 0.15) is 71.6 Å². The Morgan fingerprint density at radius 1 is 1.12 bits per heavy atom. The number of rotatable bonds is 2. The zero-order valence-corrected chi connectivity index (χ0v) is 15.6. The van der Waals surface area contributed by atoms with Crippen molar-refractivity contribution in [2.24, 2.45) is 39.9 Å². The first-order chi connectivity index (χ1) is 11.4. The molecule has 3 nitrogen and oxygen atoms in total. The first-order valence-electron chi connectivity index (χ1n) is 10.1. The van der Waals surface area contributed by atoms with Gasteiger partial charge in [0.25, 0.3) is 0 Å². The van der Waals surface area contributed by atoms with E-state index in [1.165, 1.54) is 44.9 Å². The van der Waals surface area contributed by atoms with Crippen LogP contribution in [0.15, 0.2) is 0 Å². The van der Waals surface area contributed by atoms with E-state index in [-0.39, 0.29) is 16.8 Å². The summed E-state index contributed by atoms with van der Waals surface area (Å²) >= 11 is 0. The minimum absolute atomic E-state index is 0.0172. The number of esters is 1. The first-order valence-corrected chi connectivity index (χ1v) is 10.1. The Kier molecular flexibility index (Phi) is 3.84. The maximum atomic E-state index is 12.6. The van der Waals surface area contributed by atoms with Gasteiger partial charge in [-0.25, -0.2) is 0 Å². The summed E-state index contributed by atoms with van der Waals surface area (Å²) in [5, 5.41) is 9.82. The number of fused-ring (bicyclic) bond motifs is 3. The molecule has 0 aromatic carbocycles. The summed E-state index contributed by atoms with van der Waals surface area (Å²) in [4.78, 5) is 12.6. The number of hydrogen-bond acceptors (Lipinski definition) is 3. The van der Waals surface area contributed by atoms with Crippen molar-refractivity contribution in [2.75, 3.05) is 13.7 Å². The third kappa shape index (κ3) is 2.03. The van der Waals surface area contributed by atoms with E-state index in [4.69, 9.17) is 4.74 Å². The van der Waals surface area contributed by atoms with Crippen molar-refractivity contribution in [2.45, 2.75) is 71.6 Å². The molecule has 2 bridgehead atoms. The number of aliphatic hydroxyl groups is 1. The molecule has 5 aliphatic rings. The molecule has 0 radical (unpaired) electrons. The fourth-order valence-corrected chi connectivity index (χ4v) is 8.15. The van der Waals surface area contributed by atoms with Gasteiger partial charge in [-0.15, -0.1) is 0 Å². The first kappa shape index (κ1) is 16.9. The second kappa shape index (κ2) is 5.46. The van der Waals surface area contributed by atoms with Crippen molar-refractivity contribution in [1.29, 1.82) is 0 Å². The van der Waals surface area contributed by atoms with Crippen LogP contribution in [-0.2, 0) is 9.53 Å². The summed E-state index contributed by atoms with van der Waals surface area (Å²) in [5.41, 5.74) is 0.427. The van der Waals surface area contributed by atoms with Crippen molar-refractivity contribution < 1.29 is 14.6 Å². The van der Waals surface area contributed by atoms with Crippen LogP contribution in [0.25, 0.3) is 0 Å². The highest BCUT2D eigenvalue weighted by molar-refractivity contribution is 5.77. The highest BCUT2D eigenvalue weighted by atomic mass is 16.5. The number of carbonyl (C=O) groups is 1. The van der Waals surface area contributed by atoms with Crippen LogP contribution in [0.3, 0.4) is 0 Å². The lowest BCUT2D eigenvalue weighted by atomic mass is 9.36. The second-order valence-electron chi connectivity index (χ2n) is 9.96. The molecule has 1 N–H and O–H groups in total. The SMILES string of the molecule is COC(=O)[C@]1(C)CCC[C@@]2(C)[C@@H]3C[C@@H]4CC[C@@]3(CC[C@@H]21)C[C@@H]4CO. The van der Waals surface area contributed by atoms with E-state index >= 15 is 0 Å². The lowest BCUT2D eigenvalue weighted by Gasteiger charge is -2.68. The van der Waals surface area contributed by atoms with E-state index in [0.29, 0.717) is 29.8 Å². The van der Waals surface area contributed by atoms with Crippen molar-refractivity contribution >= 4 is 5.97 Å². The molecule has 0 aliphatic heterocycles. The molecule has 0 aromatic rings. The van der Waals surface area contributed by atoms with E-state index in [1.54, 1.807) is 7.11 Å². The van der Waals surface area contributed by atoms with Gasteiger partial charge in [0.05, 0.1) is 12.5 Å². The summed E-state index contributed by atoms with van der Waals surface area (Å²) in [6.45, 7) is 5.05. The number of ether oxygens (including phenoxy) is 1. The average Bonchev–Trinajstić information content (AvgIpc) is 2.60. The Labute approximate surface area is 146 Å². The van der Waals surface area contributed by atoms with Gasteiger partial charge in [-0.1, -0.05) is 13.3 Å². The van der Waals surface area contributed by atoms with Gasteiger partial charge in [-0.3, -0.25) is 4.79 Å². The fourth-order valence-electron chi connectivity index (χ4n) is 8.15. The van der Waals surface area contributed by atoms with Crippen LogP contribution in [0, 0.1) is 39.9 Å². The van der Waals surface area contributed by atoms with Gasteiger partial charge in [-0.2, -0.15) is 0 Å². The molecule has 5 rings (SSSR count). The number of methoxy groups -OCH3 is 1. The summed E-state index contributed by atoms with van der Waals surface area (Å²) in [5.74, 6) is 2.47. The third-order valence-electron chi connectivity index (χ3n) is 9.22. The molecule has 5 aliphatic carbocycles. The predicted octanol–water partition coefficient (Wildman–Crippen LogP) is 4.18. The zero-order valence-electron chi connectivity index (χ0n) is 15.6. The molecule has 0 unspecified atom stereocenters. The Morgan fingerprint density at radius 3 is 2.58 bits per heavy atom. The summed E-state index contributed by atoms with van der Waals surface area (Å²) in [6.07, 6.45) is 11.0. The molecule has 0 amide bonds. The molecule has 24 heavy (non-hydrogen) atoms. The molecule has 0 saturated heterocycles. The molecule has 7 atom stereocenters. The quantitative estimate of drug-likeness (QED) is 0.771. The Hall–Kier alpha value is -0.570. The van der Waals surface area contributed by atoms with Gasteiger partial charge in [0.1, 0.15) is 0 Å². The van der Waals surface area contributed by atoms with Crippen LogP contribution in [0.2, 0.25) is 0 Å². The molecule has 0 aromatic heterocycles. The highest BCUT2D eigenvalue weighted by Gasteiger charge is 2.65. The molecule has 0 heterocycles. The maximum Gasteiger partial charge on any atom is 0.311 e. The predicted molar refractivity (Wildman–Crippen MR) is 93.3 cm³/mol. The number of hydrogen-bond donors (Lipinski definition) is 1. The Bertz CT molecular complexity index is 531. The largest absolute Gasteiger partial charge is 0.469 e. The van der Waals surface area contributed by atoms with E-state index in [1.807, 2.05) is 0 Å². The molecule has 3 heteroatoms. The van der Waals surface area contributed by atoms with Gasteiger partial charge >= 0.3 is 5.97 Å². The van der Waals surface area contributed by atoms with Crippen molar-refractivity contribution in [3.05, 3.63) is 0 Å². The molecule has 5 fully saturated rings. The molecule has 136 valence electrons. The summed E-state index contributed by atoms with van der Waals surface area (Å²) in [7, 11) is 1.55. The maximum absolute atomic E-state index is 12.6. The van der Waals surface area contributed by atoms with E-state index in [2.05, 4.69) is 13.8 Å². The Morgan fingerprint density at radius 2 is 1.88 bits per heavy atom. The smallest absolute Gasteiger partial charge is 0.311 e. The number of carbonyl (C=O) groups excluding carboxylic acids is 1. The molecular formula is C21H34O3. The molecular weight excluding hydrogens is 300 g/mol. The monoisotopic (exact) mass is 334 g/mol. The third-order valence-corrected chi connectivity index (χ3v) is 9.22. The topological polar surface area (TPSA) is 46.5 Å². The average molecular weight is 335 g/mol. The second-order valence-corrected chi connectivity index (χ2v) is 9.96. The zero-order chi connectivity index (χ0) is 17.2. The highest BCUT2D eigenvalue weighted by Crippen LogP contribution is 2.72. The standard InChI is InChI=1S/C21H34O3/c1-19-7-4-8-20(2,18(23)24-3)16(19)6-10-21-9-5-14(11-17(19)21)15(12-21)13-22/h14-17,22H,4-13H2,1-3H3/t14-,15+,16-,17-,19+,20+,21+/m0/s1. The fraction of sp³-hybridized carbons (Fsp3) is 0.952. The van der Waals surface area contributed by atoms with Crippen molar-refractivity contribution in [3.63, 3.8) is 0 Å². The van der Waals surface area contributed by atoms with Crippen LogP contribution < -0.4 is 0 Å².